The van der Waals surface area contributed by atoms with Crippen LogP contribution < -0.4 is 15.2 Å². The smallest absolute Gasteiger partial charge is 0.277 e. The highest BCUT2D eigenvalue weighted by molar-refractivity contribution is 6.31. The maximum atomic E-state index is 13.6. The highest BCUT2D eigenvalue weighted by Gasteiger charge is 2.46. The number of aliphatic hydroxyl groups excluding tert-OH is 1. The number of rotatable bonds is 6. The Hall–Kier alpha value is -3.29. The molecule has 0 aliphatic carbocycles. The Morgan fingerprint density at radius 3 is 2.51 bits per heavy atom. The molecule has 3 heterocycles. The number of nitrogens with zero attached hydrogens (tertiary/aromatic N) is 3. The Kier molecular flexibility index (Phi) is 6.54. The van der Waals surface area contributed by atoms with Crippen LogP contribution in [0.1, 0.15) is 46.9 Å². The summed E-state index contributed by atoms with van der Waals surface area (Å²) in [4.78, 5) is 28.2. The summed E-state index contributed by atoms with van der Waals surface area (Å²) in [6, 6.07) is 18.5. The van der Waals surface area contributed by atoms with Crippen LogP contribution >= 0.6 is 11.6 Å². The highest BCUT2D eigenvalue weighted by atomic mass is 35.5. The maximum absolute atomic E-state index is 13.6. The van der Waals surface area contributed by atoms with Gasteiger partial charge >= 0.3 is 0 Å². The Morgan fingerprint density at radius 2 is 1.77 bits per heavy atom. The van der Waals surface area contributed by atoms with Crippen LogP contribution in [0.5, 0.6) is 5.75 Å². The minimum atomic E-state index is -0.342. The fraction of sp³-hybridized carbons (Fsp3) is 0.333. The Bertz CT molecular complexity index is 1280. The van der Waals surface area contributed by atoms with Gasteiger partial charge in [-0.15, -0.1) is 0 Å². The van der Waals surface area contributed by atoms with Crippen molar-refractivity contribution < 1.29 is 14.6 Å². The van der Waals surface area contributed by atoms with Gasteiger partial charge in [0, 0.05) is 30.9 Å². The van der Waals surface area contributed by atoms with Crippen LogP contribution in [0.3, 0.4) is 0 Å². The van der Waals surface area contributed by atoms with Crippen molar-refractivity contribution in [3.05, 3.63) is 98.9 Å². The number of hydrogen-bond donors (Lipinski definition) is 1. The second-order valence-electron chi connectivity index (χ2n) is 9.07. The minimum Gasteiger partial charge on any atom is -0.482 e. The number of aliphatic hydroxyl groups is 1. The zero-order chi connectivity index (χ0) is 24.5. The molecule has 0 saturated carbocycles. The first kappa shape index (κ1) is 23.5. The van der Waals surface area contributed by atoms with Gasteiger partial charge in [-0.05, 0) is 42.4 Å². The van der Waals surface area contributed by atoms with Gasteiger partial charge in [0.25, 0.3) is 5.91 Å². The van der Waals surface area contributed by atoms with Gasteiger partial charge in [-0.3, -0.25) is 19.3 Å². The average molecular weight is 494 g/mol. The third-order valence-corrected chi connectivity index (χ3v) is 7.38. The van der Waals surface area contributed by atoms with E-state index >= 15 is 0 Å². The molecular formula is C27H28ClN3O4. The predicted octanol–water partition coefficient (Wildman–Crippen LogP) is 3.96. The quantitative estimate of drug-likeness (QED) is 0.562. The molecule has 0 bridgehead atoms. The van der Waals surface area contributed by atoms with Crippen molar-refractivity contribution in [3.63, 3.8) is 0 Å². The van der Waals surface area contributed by atoms with E-state index in [1.807, 2.05) is 54.6 Å². The van der Waals surface area contributed by atoms with Crippen molar-refractivity contribution in [3.8, 4) is 5.75 Å². The van der Waals surface area contributed by atoms with Crippen LogP contribution in [-0.2, 0) is 6.61 Å². The molecule has 1 aromatic heterocycles. The first-order valence-corrected chi connectivity index (χ1v) is 12.2. The first-order chi connectivity index (χ1) is 17.0. The van der Waals surface area contributed by atoms with E-state index in [0.717, 1.165) is 24.0 Å². The summed E-state index contributed by atoms with van der Waals surface area (Å²) in [5.41, 5.74) is 1.69. The number of carbonyl (C=O) groups excluding carboxylic acids is 1. The number of ether oxygens (including phenoxy) is 1. The van der Waals surface area contributed by atoms with Crippen LogP contribution in [0, 0.1) is 5.92 Å². The third kappa shape index (κ3) is 4.19. The number of benzene rings is 2. The van der Waals surface area contributed by atoms with E-state index in [-0.39, 0.29) is 54.1 Å². The fourth-order valence-corrected chi connectivity index (χ4v) is 5.60. The molecule has 5 rings (SSSR count). The molecule has 3 aromatic rings. The number of amides is 1. The zero-order valence-corrected chi connectivity index (χ0v) is 20.3. The normalized spacial score (nSPS) is 21.5. The summed E-state index contributed by atoms with van der Waals surface area (Å²) in [5, 5.41) is 12.6. The first-order valence-electron chi connectivity index (χ1n) is 11.8. The van der Waals surface area contributed by atoms with E-state index in [1.165, 1.54) is 6.07 Å². The topological polar surface area (TPSA) is 75.0 Å². The number of halogens is 1. The van der Waals surface area contributed by atoms with Gasteiger partial charge < -0.3 is 14.7 Å². The van der Waals surface area contributed by atoms with E-state index in [9.17, 15) is 14.7 Å². The van der Waals surface area contributed by atoms with E-state index < -0.39 is 0 Å². The van der Waals surface area contributed by atoms with Gasteiger partial charge in [-0.1, -0.05) is 60.1 Å². The zero-order valence-electron chi connectivity index (χ0n) is 19.5. The molecule has 2 aromatic carbocycles. The van der Waals surface area contributed by atoms with E-state index in [2.05, 4.69) is 5.01 Å². The Labute approximate surface area is 209 Å². The van der Waals surface area contributed by atoms with Gasteiger partial charge in [-0.2, -0.15) is 0 Å². The third-order valence-electron chi connectivity index (χ3n) is 7.04. The van der Waals surface area contributed by atoms with Gasteiger partial charge in [0.15, 0.2) is 11.4 Å². The van der Waals surface area contributed by atoms with Crippen molar-refractivity contribution in [1.82, 2.24) is 9.58 Å². The van der Waals surface area contributed by atoms with Crippen molar-refractivity contribution in [2.45, 2.75) is 38.1 Å². The van der Waals surface area contributed by atoms with E-state index in [4.69, 9.17) is 16.3 Å². The minimum absolute atomic E-state index is 0.0360. The lowest BCUT2D eigenvalue weighted by molar-refractivity contribution is 0.0468. The van der Waals surface area contributed by atoms with Crippen LogP contribution in [0.2, 0.25) is 5.02 Å². The van der Waals surface area contributed by atoms with Gasteiger partial charge in [-0.25, -0.2) is 0 Å². The van der Waals surface area contributed by atoms with Gasteiger partial charge in [0.1, 0.15) is 12.8 Å². The van der Waals surface area contributed by atoms with E-state index in [0.29, 0.717) is 11.4 Å². The fourth-order valence-electron chi connectivity index (χ4n) is 5.35. The summed E-state index contributed by atoms with van der Waals surface area (Å²) < 4.78 is 7.76. The molecular weight excluding hydrogens is 466 g/mol. The van der Waals surface area contributed by atoms with Gasteiger partial charge in [0.2, 0.25) is 5.43 Å². The highest BCUT2D eigenvalue weighted by Crippen LogP contribution is 2.44. The molecule has 0 spiro atoms. The van der Waals surface area contributed by atoms with Crippen LogP contribution in [-0.4, -0.2) is 40.4 Å². The number of carbonyl (C=O) groups is 1. The monoisotopic (exact) mass is 493 g/mol. The molecule has 1 amide bonds. The molecule has 2 aliphatic rings. The summed E-state index contributed by atoms with van der Waals surface area (Å²) in [6.07, 6.45) is 3.59. The molecule has 8 heteroatoms. The standard InChI is InChI=1S/C27H28ClN3O4/c1-29-23-12-11-19(14-16-32)24(20-9-5-6-10-21(20)28)31(23)30-15-13-22(33)26(25(30)27(29)34)35-17-18-7-3-2-4-8-18/h2-10,13,15,19,23-24,32H,11-12,14,16-17H2,1H3. The van der Waals surface area contributed by atoms with E-state index in [1.54, 1.807) is 22.8 Å². The summed E-state index contributed by atoms with van der Waals surface area (Å²) in [5.74, 6) is -0.113. The Morgan fingerprint density at radius 1 is 1.03 bits per heavy atom. The molecule has 3 unspecified atom stereocenters. The number of fused-ring (bicyclic) bond motifs is 3. The van der Waals surface area contributed by atoms with Gasteiger partial charge in [0.05, 0.1) is 6.04 Å². The molecule has 1 fully saturated rings. The van der Waals surface area contributed by atoms with Crippen molar-refractivity contribution >= 4 is 17.5 Å². The molecule has 2 aliphatic heterocycles. The number of piperidine rings is 1. The molecule has 182 valence electrons. The predicted molar refractivity (Wildman–Crippen MR) is 134 cm³/mol. The van der Waals surface area contributed by atoms with Crippen molar-refractivity contribution in [1.29, 1.82) is 0 Å². The second-order valence-corrected chi connectivity index (χ2v) is 9.48. The molecule has 7 nitrogen and oxygen atoms in total. The molecule has 0 radical (unpaired) electrons. The number of aromatic nitrogens is 1. The van der Waals surface area contributed by atoms with Crippen molar-refractivity contribution in [2.24, 2.45) is 5.92 Å². The number of pyridine rings is 1. The Balaban J connectivity index is 1.64. The maximum Gasteiger partial charge on any atom is 0.277 e. The lowest BCUT2D eigenvalue weighted by Gasteiger charge is -2.54. The second kappa shape index (κ2) is 9.76. The number of hydrogen-bond acceptors (Lipinski definition) is 5. The molecule has 35 heavy (non-hydrogen) atoms. The summed E-state index contributed by atoms with van der Waals surface area (Å²) >= 11 is 6.67. The average Bonchev–Trinajstić information content (AvgIpc) is 2.87. The largest absolute Gasteiger partial charge is 0.482 e. The summed E-state index contributed by atoms with van der Waals surface area (Å²) in [7, 11) is 1.76. The van der Waals surface area contributed by atoms with Crippen molar-refractivity contribution in [2.75, 3.05) is 18.7 Å². The van der Waals surface area contributed by atoms with Crippen LogP contribution in [0.15, 0.2) is 71.7 Å². The van der Waals surface area contributed by atoms with Crippen LogP contribution in [0.4, 0.5) is 0 Å². The van der Waals surface area contributed by atoms with Crippen LogP contribution in [0.25, 0.3) is 0 Å². The molecule has 1 saturated heterocycles. The lowest BCUT2D eigenvalue weighted by Crippen LogP contribution is -2.64. The molecule has 3 atom stereocenters. The SMILES string of the molecule is CN1C(=O)c2c(OCc3ccccc3)c(=O)ccn2N2C(c3ccccc3Cl)C(CCO)CCC12. The molecule has 1 N–H and O–H groups in total. The summed E-state index contributed by atoms with van der Waals surface area (Å²) in [6.45, 7) is 0.232. The lowest BCUT2D eigenvalue weighted by atomic mass is 9.82.